The number of fused-ring (bicyclic) bond motifs is 1. The summed E-state index contributed by atoms with van der Waals surface area (Å²) in [4.78, 5) is 16.8. The number of nitrogens with zero attached hydrogens (tertiary/aromatic N) is 2. The first-order chi connectivity index (χ1) is 9.99. The predicted molar refractivity (Wildman–Crippen MR) is 85.6 cm³/mol. The molecule has 1 aromatic heterocycles. The first-order valence-electron chi connectivity index (χ1n) is 7.04. The molecular weight excluding hydrogens is 286 g/mol. The number of thioether (sulfide) groups is 1. The Morgan fingerprint density at radius 3 is 2.86 bits per heavy atom. The Morgan fingerprint density at radius 2 is 2.14 bits per heavy atom. The molecule has 0 unspecified atom stereocenters. The fourth-order valence-electron chi connectivity index (χ4n) is 2.58. The number of amides is 1. The Hall–Kier alpha value is -1.53. The maximum absolute atomic E-state index is 12.3. The summed E-state index contributed by atoms with van der Waals surface area (Å²) >= 11 is 1.77. The summed E-state index contributed by atoms with van der Waals surface area (Å²) in [6, 6.07) is 5.63. The quantitative estimate of drug-likeness (QED) is 0.891. The van der Waals surface area contributed by atoms with Crippen LogP contribution in [-0.2, 0) is 11.8 Å². The zero-order valence-corrected chi connectivity index (χ0v) is 13.0. The van der Waals surface area contributed by atoms with E-state index in [2.05, 4.69) is 10.3 Å². The van der Waals surface area contributed by atoms with E-state index in [-0.39, 0.29) is 5.91 Å². The highest BCUT2D eigenvalue weighted by Crippen LogP contribution is 2.28. The van der Waals surface area contributed by atoms with Gasteiger partial charge < -0.3 is 15.0 Å². The SMILES string of the molecule is Cc1nc2cc(NC(=O)C3(O)CCSCC3)ccc2n1C. The Balaban J connectivity index is 1.82. The van der Waals surface area contributed by atoms with Crippen molar-refractivity contribution in [3.8, 4) is 0 Å². The molecule has 6 heteroatoms. The Kier molecular flexibility index (Phi) is 3.67. The second kappa shape index (κ2) is 5.35. The average molecular weight is 305 g/mol. The maximum atomic E-state index is 12.3. The molecule has 1 aliphatic rings. The number of aromatic nitrogens is 2. The lowest BCUT2D eigenvalue weighted by atomic mass is 9.95. The number of rotatable bonds is 2. The molecule has 1 fully saturated rings. The van der Waals surface area contributed by atoms with Crippen LogP contribution in [0.1, 0.15) is 18.7 Å². The van der Waals surface area contributed by atoms with Gasteiger partial charge in [-0.15, -0.1) is 0 Å². The van der Waals surface area contributed by atoms with E-state index in [0.29, 0.717) is 18.5 Å². The van der Waals surface area contributed by atoms with Gasteiger partial charge in [0.2, 0.25) is 0 Å². The summed E-state index contributed by atoms with van der Waals surface area (Å²) in [7, 11) is 1.96. The van der Waals surface area contributed by atoms with E-state index in [1.54, 1.807) is 11.8 Å². The molecule has 112 valence electrons. The molecule has 0 bridgehead atoms. The van der Waals surface area contributed by atoms with Crippen LogP contribution in [0.3, 0.4) is 0 Å². The fraction of sp³-hybridized carbons (Fsp3) is 0.467. The van der Waals surface area contributed by atoms with Crippen molar-refractivity contribution in [2.75, 3.05) is 16.8 Å². The van der Waals surface area contributed by atoms with Crippen LogP contribution in [0.2, 0.25) is 0 Å². The van der Waals surface area contributed by atoms with E-state index < -0.39 is 5.60 Å². The van der Waals surface area contributed by atoms with Crippen LogP contribution in [0.25, 0.3) is 11.0 Å². The molecule has 1 aromatic carbocycles. The van der Waals surface area contributed by atoms with Gasteiger partial charge in [-0.2, -0.15) is 11.8 Å². The molecule has 0 radical (unpaired) electrons. The van der Waals surface area contributed by atoms with E-state index in [1.165, 1.54) is 0 Å². The second-order valence-corrected chi connectivity index (χ2v) is 6.74. The van der Waals surface area contributed by atoms with Crippen molar-refractivity contribution < 1.29 is 9.90 Å². The van der Waals surface area contributed by atoms with Crippen LogP contribution in [-0.4, -0.2) is 37.7 Å². The molecule has 21 heavy (non-hydrogen) atoms. The number of carbonyl (C=O) groups is 1. The topological polar surface area (TPSA) is 67.2 Å². The van der Waals surface area contributed by atoms with Crippen molar-refractivity contribution >= 4 is 34.4 Å². The van der Waals surface area contributed by atoms with Gasteiger partial charge in [-0.25, -0.2) is 4.98 Å². The van der Waals surface area contributed by atoms with Crippen molar-refractivity contribution in [1.82, 2.24) is 9.55 Å². The smallest absolute Gasteiger partial charge is 0.256 e. The summed E-state index contributed by atoms with van der Waals surface area (Å²) in [5, 5.41) is 13.2. The van der Waals surface area contributed by atoms with Crippen molar-refractivity contribution in [3.63, 3.8) is 0 Å². The molecule has 0 aliphatic carbocycles. The highest BCUT2D eigenvalue weighted by molar-refractivity contribution is 7.99. The first kappa shape index (κ1) is 14.4. The van der Waals surface area contributed by atoms with Crippen LogP contribution in [0, 0.1) is 6.92 Å². The van der Waals surface area contributed by atoms with Gasteiger partial charge in [0, 0.05) is 12.7 Å². The molecule has 0 atom stereocenters. The minimum Gasteiger partial charge on any atom is -0.380 e. The van der Waals surface area contributed by atoms with Gasteiger partial charge in [-0.05, 0) is 49.5 Å². The van der Waals surface area contributed by atoms with Crippen molar-refractivity contribution in [2.45, 2.75) is 25.4 Å². The van der Waals surface area contributed by atoms with Crippen LogP contribution in [0.4, 0.5) is 5.69 Å². The Bertz CT molecular complexity index is 690. The summed E-state index contributed by atoms with van der Waals surface area (Å²) < 4.78 is 2.01. The minimum absolute atomic E-state index is 0.310. The lowest BCUT2D eigenvalue weighted by Crippen LogP contribution is -2.45. The zero-order valence-electron chi connectivity index (χ0n) is 12.2. The van der Waals surface area contributed by atoms with Gasteiger partial charge >= 0.3 is 0 Å². The van der Waals surface area contributed by atoms with E-state index in [0.717, 1.165) is 28.4 Å². The predicted octanol–water partition coefficient (Wildman–Crippen LogP) is 2.08. The molecule has 1 amide bonds. The lowest BCUT2D eigenvalue weighted by Gasteiger charge is -2.30. The molecule has 0 spiro atoms. The number of imidazole rings is 1. The van der Waals surface area contributed by atoms with Crippen LogP contribution < -0.4 is 5.32 Å². The average Bonchev–Trinajstić information content (AvgIpc) is 2.74. The van der Waals surface area contributed by atoms with E-state index in [9.17, 15) is 9.90 Å². The molecule has 3 rings (SSSR count). The van der Waals surface area contributed by atoms with E-state index in [1.807, 2.05) is 36.7 Å². The Morgan fingerprint density at radius 1 is 1.43 bits per heavy atom. The molecule has 1 aliphatic heterocycles. The third-order valence-corrected chi connectivity index (χ3v) is 5.09. The fourth-order valence-corrected chi connectivity index (χ4v) is 3.75. The van der Waals surface area contributed by atoms with Crippen molar-refractivity contribution in [3.05, 3.63) is 24.0 Å². The monoisotopic (exact) mass is 305 g/mol. The minimum atomic E-state index is -1.24. The molecule has 0 saturated carbocycles. The van der Waals surface area contributed by atoms with Gasteiger partial charge in [0.25, 0.3) is 5.91 Å². The molecular formula is C15H19N3O2S. The van der Waals surface area contributed by atoms with Crippen LogP contribution in [0.15, 0.2) is 18.2 Å². The number of aryl methyl sites for hydroxylation is 2. The molecule has 5 nitrogen and oxygen atoms in total. The Labute approximate surface area is 127 Å². The number of aliphatic hydroxyl groups is 1. The third-order valence-electron chi connectivity index (χ3n) is 4.10. The van der Waals surface area contributed by atoms with E-state index >= 15 is 0 Å². The van der Waals surface area contributed by atoms with Gasteiger partial charge in [0.1, 0.15) is 11.4 Å². The highest BCUT2D eigenvalue weighted by atomic mass is 32.2. The summed E-state index contributed by atoms with van der Waals surface area (Å²) in [6.07, 6.45) is 1.02. The zero-order chi connectivity index (χ0) is 15.0. The standard InChI is InChI=1S/C15H19N3O2S/c1-10-16-12-9-11(3-4-13(12)18(10)2)17-14(19)15(20)5-7-21-8-6-15/h3-4,9,20H,5-8H2,1-2H3,(H,17,19). The van der Waals surface area contributed by atoms with E-state index in [4.69, 9.17) is 0 Å². The lowest BCUT2D eigenvalue weighted by molar-refractivity contribution is -0.134. The van der Waals surface area contributed by atoms with Gasteiger partial charge in [0.05, 0.1) is 11.0 Å². The van der Waals surface area contributed by atoms with Gasteiger partial charge in [-0.1, -0.05) is 0 Å². The number of anilines is 1. The first-order valence-corrected chi connectivity index (χ1v) is 8.20. The third kappa shape index (κ3) is 2.65. The maximum Gasteiger partial charge on any atom is 0.256 e. The number of nitrogens with one attached hydrogen (secondary N) is 1. The van der Waals surface area contributed by atoms with Gasteiger partial charge in [0.15, 0.2) is 0 Å². The van der Waals surface area contributed by atoms with Crippen molar-refractivity contribution in [1.29, 1.82) is 0 Å². The van der Waals surface area contributed by atoms with Crippen molar-refractivity contribution in [2.24, 2.45) is 7.05 Å². The summed E-state index contributed by atoms with van der Waals surface area (Å²) in [6.45, 7) is 1.95. The van der Waals surface area contributed by atoms with Crippen LogP contribution >= 0.6 is 11.8 Å². The molecule has 2 aromatic rings. The number of hydrogen-bond acceptors (Lipinski definition) is 4. The van der Waals surface area contributed by atoms with Crippen LogP contribution in [0.5, 0.6) is 0 Å². The molecule has 2 N–H and O–H groups in total. The summed E-state index contributed by atoms with van der Waals surface area (Å²) in [5.74, 6) is 2.26. The second-order valence-electron chi connectivity index (χ2n) is 5.52. The molecule has 2 heterocycles. The normalized spacial score (nSPS) is 17.9. The van der Waals surface area contributed by atoms with Gasteiger partial charge in [-0.3, -0.25) is 4.79 Å². The number of hydrogen-bond donors (Lipinski definition) is 2. The highest BCUT2D eigenvalue weighted by Gasteiger charge is 2.37. The largest absolute Gasteiger partial charge is 0.380 e. The molecule has 1 saturated heterocycles. The number of carbonyl (C=O) groups excluding carboxylic acids is 1. The number of benzene rings is 1. The summed E-state index contributed by atoms with van der Waals surface area (Å²) in [5.41, 5.74) is 1.31.